The van der Waals surface area contributed by atoms with Gasteiger partial charge in [-0.25, -0.2) is 0 Å². The van der Waals surface area contributed by atoms with E-state index in [0.717, 1.165) is 24.9 Å². The first-order chi connectivity index (χ1) is 9.63. The molecule has 3 rings (SSSR count). The zero-order chi connectivity index (χ0) is 14.1. The first-order valence-corrected chi connectivity index (χ1v) is 7.47. The molecular formula is C14H16BrN3O2. The van der Waals surface area contributed by atoms with Crippen LogP contribution in [0.15, 0.2) is 33.8 Å². The van der Waals surface area contributed by atoms with Crippen LogP contribution in [-0.4, -0.2) is 33.7 Å². The maximum absolute atomic E-state index is 12.4. The van der Waals surface area contributed by atoms with Crippen LogP contribution in [0, 0.1) is 6.92 Å². The van der Waals surface area contributed by atoms with Crippen molar-refractivity contribution in [3.63, 3.8) is 0 Å². The largest absolute Gasteiger partial charge is 0.457 e. The number of halogens is 1. The van der Waals surface area contributed by atoms with Gasteiger partial charge in [-0.2, -0.15) is 5.10 Å². The van der Waals surface area contributed by atoms with E-state index in [0.29, 0.717) is 16.8 Å². The molecule has 1 amide bonds. The highest BCUT2D eigenvalue weighted by Gasteiger charge is 2.26. The molecule has 6 heteroatoms. The number of carbonyl (C=O) groups excluding carboxylic acids is 1. The predicted octanol–water partition coefficient (Wildman–Crippen LogP) is 3.02. The maximum atomic E-state index is 12.4. The minimum Gasteiger partial charge on any atom is -0.457 e. The number of likely N-dealkylation sites (tertiary alicyclic amines) is 1. The molecule has 1 fully saturated rings. The van der Waals surface area contributed by atoms with Crippen molar-refractivity contribution in [3.8, 4) is 0 Å². The van der Waals surface area contributed by atoms with Gasteiger partial charge in [0, 0.05) is 25.4 Å². The number of furan rings is 1. The third-order valence-electron chi connectivity index (χ3n) is 3.60. The van der Waals surface area contributed by atoms with Gasteiger partial charge in [-0.15, -0.1) is 0 Å². The minimum absolute atomic E-state index is 0.0213. The van der Waals surface area contributed by atoms with E-state index >= 15 is 0 Å². The van der Waals surface area contributed by atoms with Gasteiger partial charge in [0.05, 0.1) is 17.8 Å². The van der Waals surface area contributed by atoms with Crippen molar-refractivity contribution in [2.75, 3.05) is 13.1 Å². The van der Waals surface area contributed by atoms with Gasteiger partial charge in [0.1, 0.15) is 6.26 Å². The third kappa shape index (κ3) is 2.65. The van der Waals surface area contributed by atoms with Crippen LogP contribution in [0.3, 0.4) is 0 Å². The fourth-order valence-corrected chi connectivity index (χ4v) is 2.93. The molecule has 0 unspecified atom stereocenters. The van der Waals surface area contributed by atoms with Crippen LogP contribution in [0.2, 0.25) is 0 Å². The van der Waals surface area contributed by atoms with Crippen LogP contribution >= 0.6 is 15.9 Å². The van der Waals surface area contributed by atoms with Crippen molar-refractivity contribution in [2.45, 2.75) is 25.8 Å². The SMILES string of the molecule is Cc1cnn([C@@H]2CCCN(C(=O)c3coc(Br)c3)C2)c1. The molecule has 3 heterocycles. The van der Waals surface area contributed by atoms with Crippen molar-refractivity contribution in [2.24, 2.45) is 0 Å². The van der Waals surface area contributed by atoms with Crippen LogP contribution < -0.4 is 0 Å². The topological polar surface area (TPSA) is 51.3 Å². The molecule has 0 radical (unpaired) electrons. The second-order valence-electron chi connectivity index (χ2n) is 5.18. The molecule has 0 bridgehead atoms. The number of hydrogen-bond donors (Lipinski definition) is 0. The quantitative estimate of drug-likeness (QED) is 0.846. The number of aryl methyl sites for hydroxylation is 1. The fraction of sp³-hybridized carbons (Fsp3) is 0.429. The zero-order valence-corrected chi connectivity index (χ0v) is 12.8. The minimum atomic E-state index is 0.0213. The number of piperidine rings is 1. The van der Waals surface area contributed by atoms with Crippen molar-refractivity contribution in [1.82, 2.24) is 14.7 Å². The molecule has 1 aliphatic rings. The first-order valence-electron chi connectivity index (χ1n) is 6.67. The van der Waals surface area contributed by atoms with E-state index in [1.807, 2.05) is 28.9 Å². The second kappa shape index (κ2) is 5.44. The van der Waals surface area contributed by atoms with Crippen LogP contribution in [0.4, 0.5) is 0 Å². The summed E-state index contributed by atoms with van der Waals surface area (Å²) in [6.45, 7) is 3.51. The van der Waals surface area contributed by atoms with Gasteiger partial charge in [-0.1, -0.05) is 0 Å². The van der Waals surface area contributed by atoms with Crippen LogP contribution in [0.1, 0.15) is 34.8 Å². The third-order valence-corrected chi connectivity index (χ3v) is 4.02. The summed E-state index contributed by atoms with van der Waals surface area (Å²) in [5.74, 6) is 0.0213. The van der Waals surface area contributed by atoms with E-state index < -0.39 is 0 Å². The molecule has 0 spiro atoms. The predicted molar refractivity (Wildman–Crippen MR) is 77.5 cm³/mol. The Morgan fingerprint density at radius 2 is 2.40 bits per heavy atom. The number of rotatable bonds is 2. The molecule has 1 atom stereocenters. The Morgan fingerprint density at radius 1 is 1.55 bits per heavy atom. The summed E-state index contributed by atoms with van der Waals surface area (Å²) in [5, 5.41) is 4.36. The Hall–Kier alpha value is -1.56. The number of amides is 1. The standard InChI is InChI=1S/C14H16BrN3O2/c1-10-6-16-18(7-10)12-3-2-4-17(8-12)14(19)11-5-13(15)20-9-11/h5-7,9,12H,2-4,8H2,1H3/t12-/m1/s1. The lowest BCUT2D eigenvalue weighted by Crippen LogP contribution is -2.40. The maximum Gasteiger partial charge on any atom is 0.257 e. The van der Waals surface area contributed by atoms with Gasteiger partial charge in [-0.3, -0.25) is 9.48 Å². The van der Waals surface area contributed by atoms with Gasteiger partial charge >= 0.3 is 0 Å². The zero-order valence-electron chi connectivity index (χ0n) is 11.3. The summed E-state index contributed by atoms with van der Waals surface area (Å²) in [7, 11) is 0. The molecule has 0 N–H and O–H groups in total. The Balaban J connectivity index is 1.73. The smallest absolute Gasteiger partial charge is 0.257 e. The van der Waals surface area contributed by atoms with Crippen molar-refractivity contribution in [1.29, 1.82) is 0 Å². The Kier molecular flexibility index (Phi) is 3.65. The summed E-state index contributed by atoms with van der Waals surface area (Å²) >= 11 is 3.22. The van der Waals surface area contributed by atoms with Gasteiger partial charge in [0.25, 0.3) is 5.91 Å². The fourth-order valence-electron chi connectivity index (χ4n) is 2.59. The number of carbonyl (C=O) groups is 1. The highest BCUT2D eigenvalue weighted by molar-refractivity contribution is 9.10. The van der Waals surface area contributed by atoms with Crippen molar-refractivity contribution in [3.05, 3.63) is 40.5 Å². The number of aromatic nitrogens is 2. The molecule has 0 aromatic carbocycles. The molecule has 5 nitrogen and oxygen atoms in total. The van der Waals surface area contributed by atoms with Crippen molar-refractivity contribution < 1.29 is 9.21 Å². The molecular weight excluding hydrogens is 322 g/mol. The van der Waals surface area contributed by atoms with Gasteiger partial charge in [0.2, 0.25) is 0 Å². The molecule has 2 aromatic heterocycles. The van der Waals surface area contributed by atoms with Crippen LogP contribution in [0.25, 0.3) is 0 Å². The van der Waals surface area contributed by atoms with Gasteiger partial charge in [-0.05, 0) is 41.3 Å². The monoisotopic (exact) mass is 337 g/mol. The number of hydrogen-bond acceptors (Lipinski definition) is 3. The number of nitrogens with zero attached hydrogens (tertiary/aromatic N) is 3. The van der Waals surface area contributed by atoms with E-state index in [2.05, 4.69) is 21.0 Å². The molecule has 1 saturated heterocycles. The average molecular weight is 338 g/mol. The van der Waals surface area contributed by atoms with Crippen LogP contribution in [-0.2, 0) is 0 Å². The Bertz CT molecular complexity index is 619. The molecule has 1 aliphatic heterocycles. The highest BCUT2D eigenvalue weighted by atomic mass is 79.9. The molecule has 0 saturated carbocycles. The summed E-state index contributed by atoms with van der Waals surface area (Å²) in [6, 6.07) is 1.97. The average Bonchev–Trinajstić information content (AvgIpc) is 3.07. The summed E-state index contributed by atoms with van der Waals surface area (Å²) in [4.78, 5) is 14.3. The Labute approximate surface area is 125 Å². The van der Waals surface area contributed by atoms with Gasteiger partial charge in [0.15, 0.2) is 4.67 Å². The molecule has 0 aliphatic carbocycles. The first kappa shape index (κ1) is 13.4. The lowest BCUT2D eigenvalue weighted by atomic mass is 10.1. The van der Waals surface area contributed by atoms with E-state index in [-0.39, 0.29) is 11.9 Å². The highest BCUT2D eigenvalue weighted by Crippen LogP contribution is 2.24. The van der Waals surface area contributed by atoms with Crippen LogP contribution in [0.5, 0.6) is 0 Å². The van der Waals surface area contributed by atoms with Gasteiger partial charge < -0.3 is 9.32 Å². The van der Waals surface area contributed by atoms with E-state index in [1.54, 1.807) is 6.07 Å². The second-order valence-corrected chi connectivity index (χ2v) is 5.97. The lowest BCUT2D eigenvalue weighted by molar-refractivity contribution is 0.0672. The van der Waals surface area contributed by atoms with E-state index in [4.69, 9.17) is 4.42 Å². The Morgan fingerprint density at radius 3 is 3.05 bits per heavy atom. The van der Waals surface area contributed by atoms with E-state index in [1.165, 1.54) is 6.26 Å². The summed E-state index contributed by atoms with van der Waals surface area (Å²) in [5.41, 5.74) is 1.74. The summed E-state index contributed by atoms with van der Waals surface area (Å²) in [6.07, 6.45) is 7.43. The normalized spacial score (nSPS) is 19.3. The lowest BCUT2D eigenvalue weighted by Gasteiger charge is -2.32. The molecule has 2 aromatic rings. The van der Waals surface area contributed by atoms with E-state index in [9.17, 15) is 4.79 Å². The van der Waals surface area contributed by atoms with Crippen molar-refractivity contribution >= 4 is 21.8 Å². The molecule has 20 heavy (non-hydrogen) atoms. The molecule has 106 valence electrons. The summed E-state index contributed by atoms with van der Waals surface area (Å²) < 4.78 is 7.70.